The van der Waals surface area contributed by atoms with Crippen LogP contribution in [0.25, 0.3) is 17.3 Å². The van der Waals surface area contributed by atoms with Gasteiger partial charge in [0.05, 0.1) is 24.3 Å². The standard InChI is InChI=1S/C23H26FN3/c1-26-12-19-14-27(15-20(19)13-26)21-5-7-23(25-11-21)18-4-6-22-16(8-9-24)2-3-17(22)10-18/h2-7,10-11,16,19-20H,8-9,12-15H2,1H3. The Balaban J connectivity index is 1.32. The summed E-state index contributed by atoms with van der Waals surface area (Å²) >= 11 is 0. The monoisotopic (exact) mass is 363 g/mol. The fraction of sp³-hybridized carbons (Fsp3) is 0.435. The maximum atomic E-state index is 12.7. The number of halogens is 1. The van der Waals surface area contributed by atoms with Crippen molar-refractivity contribution in [3.05, 3.63) is 53.7 Å². The van der Waals surface area contributed by atoms with Gasteiger partial charge in [0.25, 0.3) is 0 Å². The molecular formula is C23H26FN3. The molecule has 27 heavy (non-hydrogen) atoms. The summed E-state index contributed by atoms with van der Waals surface area (Å²) in [5, 5.41) is 0. The van der Waals surface area contributed by atoms with Crippen molar-refractivity contribution in [1.29, 1.82) is 0 Å². The molecule has 3 unspecified atom stereocenters. The van der Waals surface area contributed by atoms with Crippen LogP contribution in [0.5, 0.6) is 0 Å². The largest absolute Gasteiger partial charge is 0.370 e. The Bertz CT molecular complexity index is 846. The van der Waals surface area contributed by atoms with Gasteiger partial charge in [-0.3, -0.25) is 9.37 Å². The molecule has 0 amide bonds. The number of rotatable bonds is 4. The average Bonchev–Trinajstić information content (AvgIpc) is 3.35. The van der Waals surface area contributed by atoms with Gasteiger partial charge in [-0.25, -0.2) is 0 Å². The Hall–Kier alpha value is -2.20. The summed E-state index contributed by atoms with van der Waals surface area (Å²) in [6, 6.07) is 10.8. The number of hydrogen-bond donors (Lipinski definition) is 0. The second-order valence-corrected chi connectivity index (χ2v) is 8.33. The van der Waals surface area contributed by atoms with Gasteiger partial charge >= 0.3 is 0 Å². The van der Waals surface area contributed by atoms with Crippen LogP contribution in [-0.4, -0.2) is 49.8 Å². The Kier molecular flexibility index (Phi) is 4.24. The topological polar surface area (TPSA) is 19.4 Å². The van der Waals surface area contributed by atoms with Crippen LogP contribution < -0.4 is 4.90 Å². The molecule has 1 aromatic carbocycles. The molecule has 3 atom stereocenters. The zero-order valence-corrected chi connectivity index (χ0v) is 15.8. The number of benzene rings is 1. The predicted molar refractivity (Wildman–Crippen MR) is 109 cm³/mol. The Morgan fingerprint density at radius 1 is 1.07 bits per heavy atom. The zero-order chi connectivity index (χ0) is 18.4. The number of alkyl halides is 1. The highest BCUT2D eigenvalue weighted by molar-refractivity contribution is 5.71. The maximum Gasteiger partial charge on any atom is 0.0903 e. The van der Waals surface area contributed by atoms with Gasteiger partial charge in [0.1, 0.15) is 0 Å². The molecule has 1 aliphatic carbocycles. The fourth-order valence-electron chi connectivity index (χ4n) is 5.09. The normalized spacial score (nSPS) is 26.6. The quantitative estimate of drug-likeness (QED) is 0.811. The first kappa shape index (κ1) is 16.9. The van der Waals surface area contributed by atoms with Crippen LogP contribution in [0.4, 0.5) is 10.1 Å². The zero-order valence-electron chi connectivity index (χ0n) is 15.8. The molecule has 0 radical (unpaired) electrons. The van der Waals surface area contributed by atoms with Crippen LogP contribution in [0.3, 0.4) is 0 Å². The van der Waals surface area contributed by atoms with Gasteiger partial charge in [-0.05, 0) is 54.6 Å². The van der Waals surface area contributed by atoms with Crippen LogP contribution in [0.15, 0.2) is 42.6 Å². The smallest absolute Gasteiger partial charge is 0.0903 e. The molecule has 3 aliphatic rings. The van der Waals surface area contributed by atoms with Gasteiger partial charge in [0, 0.05) is 37.7 Å². The predicted octanol–water partition coefficient (Wildman–Crippen LogP) is 4.22. The van der Waals surface area contributed by atoms with E-state index in [1.54, 1.807) is 0 Å². The summed E-state index contributed by atoms with van der Waals surface area (Å²) in [5.74, 6) is 1.83. The lowest BCUT2D eigenvalue weighted by molar-refractivity contribution is 0.387. The van der Waals surface area contributed by atoms with Crippen molar-refractivity contribution in [3.63, 3.8) is 0 Å². The van der Waals surface area contributed by atoms with Crippen molar-refractivity contribution in [1.82, 2.24) is 9.88 Å². The lowest BCUT2D eigenvalue weighted by atomic mass is 9.96. The van der Waals surface area contributed by atoms with Crippen LogP contribution >= 0.6 is 0 Å². The minimum Gasteiger partial charge on any atom is -0.370 e. The van der Waals surface area contributed by atoms with Crippen molar-refractivity contribution >= 4 is 11.8 Å². The van der Waals surface area contributed by atoms with Gasteiger partial charge in [0.2, 0.25) is 0 Å². The summed E-state index contributed by atoms with van der Waals surface area (Å²) < 4.78 is 12.7. The number of allylic oxidation sites excluding steroid dienone is 1. The lowest BCUT2D eigenvalue weighted by Gasteiger charge is -2.21. The molecule has 0 spiro atoms. The van der Waals surface area contributed by atoms with Crippen molar-refractivity contribution in [2.45, 2.75) is 12.3 Å². The first-order valence-corrected chi connectivity index (χ1v) is 9.99. The molecule has 2 fully saturated rings. The van der Waals surface area contributed by atoms with Crippen LogP contribution in [-0.2, 0) is 0 Å². The Morgan fingerprint density at radius 2 is 1.89 bits per heavy atom. The summed E-state index contributed by atoms with van der Waals surface area (Å²) in [6.07, 6.45) is 6.83. The Labute approximate surface area is 160 Å². The molecule has 4 heteroatoms. The highest BCUT2D eigenvalue weighted by Crippen LogP contribution is 2.36. The molecule has 0 bridgehead atoms. The van der Waals surface area contributed by atoms with E-state index in [4.69, 9.17) is 4.98 Å². The molecule has 3 nitrogen and oxygen atoms in total. The van der Waals surface area contributed by atoms with E-state index >= 15 is 0 Å². The Morgan fingerprint density at radius 3 is 2.59 bits per heavy atom. The third kappa shape index (κ3) is 3.06. The molecule has 5 rings (SSSR count). The van der Waals surface area contributed by atoms with E-state index in [0.29, 0.717) is 6.42 Å². The summed E-state index contributed by atoms with van der Waals surface area (Å²) in [5.41, 5.74) is 5.81. The molecule has 0 N–H and O–H groups in total. The highest BCUT2D eigenvalue weighted by atomic mass is 19.1. The van der Waals surface area contributed by atoms with E-state index in [2.05, 4.69) is 59.3 Å². The van der Waals surface area contributed by atoms with E-state index in [0.717, 1.165) is 36.2 Å². The lowest BCUT2D eigenvalue weighted by Crippen LogP contribution is -2.26. The van der Waals surface area contributed by atoms with Gasteiger partial charge in [-0.2, -0.15) is 0 Å². The summed E-state index contributed by atoms with van der Waals surface area (Å²) in [7, 11) is 2.23. The number of nitrogens with zero attached hydrogens (tertiary/aromatic N) is 3. The van der Waals surface area contributed by atoms with E-state index in [-0.39, 0.29) is 12.6 Å². The van der Waals surface area contributed by atoms with E-state index < -0.39 is 0 Å². The summed E-state index contributed by atoms with van der Waals surface area (Å²) in [6.45, 7) is 4.47. The number of anilines is 1. The highest BCUT2D eigenvalue weighted by Gasteiger charge is 2.38. The van der Waals surface area contributed by atoms with E-state index in [9.17, 15) is 4.39 Å². The van der Waals surface area contributed by atoms with Crippen LogP contribution in [0.2, 0.25) is 0 Å². The molecule has 2 aromatic rings. The van der Waals surface area contributed by atoms with Gasteiger partial charge in [-0.15, -0.1) is 0 Å². The molecule has 2 aliphatic heterocycles. The van der Waals surface area contributed by atoms with Crippen LogP contribution in [0.1, 0.15) is 23.5 Å². The molecule has 2 saturated heterocycles. The average molecular weight is 363 g/mol. The number of aromatic nitrogens is 1. The number of hydrogen-bond acceptors (Lipinski definition) is 3. The molecule has 1 aromatic heterocycles. The third-order valence-electron chi connectivity index (χ3n) is 6.49. The second-order valence-electron chi connectivity index (χ2n) is 8.33. The minimum absolute atomic E-state index is 0.225. The van der Waals surface area contributed by atoms with Gasteiger partial charge in [-0.1, -0.05) is 24.3 Å². The third-order valence-corrected chi connectivity index (χ3v) is 6.49. The first-order valence-electron chi connectivity index (χ1n) is 9.99. The number of pyridine rings is 1. The fourth-order valence-corrected chi connectivity index (χ4v) is 5.09. The summed E-state index contributed by atoms with van der Waals surface area (Å²) in [4.78, 5) is 9.69. The number of likely N-dealkylation sites (tertiary alicyclic amines) is 1. The van der Waals surface area contributed by atoms with Crippen molar-refractivity contribution in [3.8, 4) is 11.3 Å². The van der Waals surface area contributed by atoms with E-state index in [1.165, 1.54) is 29.9 Å². The first-order chi connectivity index (χ1) is 13.2. The molecule has 140 valence electrons. The number of fused-ring (bicyclic) bond motifs is 2. The molecule has 0 saturated carbocycles. The minimum atomic E-state index is -0.270. The van der Waals surface area contributed by atoms with Crippen molar-refractivity contribution in [2.24, 2.45) is 11.8 Å². The second kappa shape index (κ2) is 6.75. The SMILES string of the molecule is CN1CC2CN(c3ccc(-c4ccc5c(c4)C=CC5CCF)nc3)CC2C1. The van der Waals surface area contributed by atoms with E-state index in [1.807, 2.05) is 6.20 Å². The van der Waals surface area contributed by atoms with Gasteiger partial charge in [0.15, 0.2) is 0 Å². The van der Waals surface area contributed by atoms with Gasteiger partial charge < -0.3 is 9.80 Å². The maximum absolute atomic E-state index is 12.7. The molecular weight excluding hydrogens is 337 g/mol. The van der Waals surface area contributed by atoms with Crippen molar-refractivity contribution in [2.75, 3.05) is 44.8 Å². The van der Waals surface area contributed by atoms with Crippen molar-refractivity contribution < 1.29 is 4.39 Å². The molecule has 3 heterocycles. The van der Waals surface area contributed by atoms with Crippen LogP contribution in [0, 0.1) is 11.8 Å².